The van der Waals surface area contributed by atoms with E-state index in [1.165, 1.54) is 11.8 Å². The molecule has 0 atom stereocenters. The number of para-hydroxylation sites is 1. The van der Waals surface area contributed by atoms with Gasteiger partial charge in [0.05, 0.1) is 10.6 Å². The van der Waals surface area contributed by atoms with E-state index in [0.717, 1.165) is 10.5 Å². The van der Waals surface area contributed by atoms with Crippen molar-refractivity contribution in [3.63, 3.8) is 0 Å². The maximum absolute atomic E-state index is 12.5. The molecular formula is C15H18N2O2S2. The second-order valence-electron chi connectivity index (χ2n) is 4.48. The maximum atomic E-state index is 12.5. The number of hydrogen-bond acceptors (Lipinski definition) is 4. The third-order valence-corrected chi connectivity index (χ3v) is 5.10. The first kappa shape index (κ1) is 15.9. The van der Waals surface area contributed by atoms with Crippen molar-refractivity contribution in [3.8, 4) is 0 Å². The molecule has 0 aliphatic rings. The van der Waals surface area contributed by atoms with Gasteiger partial charge in [0, 0.05) is 11.4 Å². The number of thioether (sulfide) groups is 1. The molecule has 0 fully saturated rings. The molecule has 0 amide bonds. The van der Waals surface area contributed by atoms with E-state index in [2.05, 4.69) is 10.0 Å². The molecule has 6 heteroatoms. The van der Waals surface area contributed by atoms with Gasteiger partial charge in [-0.1, -0.05) is 24.3 Å². The fourth-order valence-electron chi connectivity index (χ4n) is 1.96. The van der Waals surface area contributed by atoms with Gasteiger partial charge in [0.1, 0.15) is 0 Å². The molecule has 0 radical (unpaired) electrons. The summed E-state index contributed by atoms with van der Waals surface area (Å²) in [6, 6.07) is 14.3. The van der Waals surface area contributed by atoms with Crippen molar-refractivity contribution >= 4 is 27.5 Å². The van der Waals surface area contributed by atoms with Crippen LogP contribution in [0.15, 0.2) is 58.3 Å². The maximum Gasteiger partial charge on any atom is 0.261 e. The molecule has 0 aliphatic heterocycles. The van der Waals surface area contributed by atoms with Gasteiger partial charge in [0.2, 0.25) is 0 Å². The summed E-state index contributed by atoms with van der Waals surface area (Å²) < 4.78 is 27.6. The van der Waals surface area contributed by atoms with Gasteiger partial charge in [-0.2, -0.15) is 0 Å². The lowest BCUT2D eigenvalue weighted by atomic mass is 10.2. The summed E-state index contributed by atoms with van der Waals surface area (Å²) in [6.07, 6.45) is 1.92. The Morgan fingerprint density at radius 2 is 1.86 bits per heavy atom. The monoisotopic (exact) mass is 322 g/mol. The number of hydrogen-bond donors (Lipinski definition) is 2. The average molecular weight is 322 g/mol. The smallest absolute Gasteiger partial charge is 0.261 e. The normalized spacial score (nSPS) is 11.3. The van der Waals surface area contributed by atoms with Crippen molar-refractivity contribution in [2.24, 2.45) is 0 Å². The minimum absolute atomic E-state index is 0.270. The van der Waals surface area contributed by atoms with Gasteiger partial charge in [-0.15, -0.1) is 11.8 Å². The summed E-state index contributed by atoms with van der Waals surface area (Å²) in [4.78, 5) is 1.17. The number of benzene rings is 2. The average Bonchev–Trinajstić information content (AvgIpc) is 2.48. The van der Waals surface area contributed by atoms with Crippen LogP contribution in [0.1, 0.15) is 5.56 Å². The van der Waals surface area contributed by atoms with Gasteiger partial charge < -0.3 is 5.32 Å². The lowest BCUT2D eigenvalue weighted by Gasteiger charge is -2.12. The van der Waals surface area contributed by atoms with Gasteiger partial charge in [-0.05, 0) is 43.1 Å². The highest BCUT2D eigenvalue weighted by Crippen LogP contribution is 2.27. The fourth-order valence-corrected chi connectivity index (χ4v) is 3.73. The molecule has 2 rings (SSSR count). The van der Waals surface area contributed by atoms with Crippen LogP contribution in [-0.4, -0.2) is 21.7 Å². The van der Waals surface area contributed by atoms with E-state index in [1.54, 1.807) is 24.3 Å². The first-order valence-corrected chi connectivity index (χ1v) is 9.17. The molecule has 0 unspecified atom stereocenters. The molecule has 0 bridgehead atoms. The first-order valence-electron chi connectivity index (χ1n) is 6.46. The number of sulfonamides is 1. The second-order valence-corrected chi connectivity index (χ2v) is 7.01. The van der Waals surface area contributed by atoms with Gasteiger partial charge in [-0.25, -0.2) is 8.42 Å². The zero-order chi connectivity index (χ0) is 15.3. The molecule has 4 nitrogen and oxygen atoms in total. The molecule has 0 heterocycles. The molecule has 2 aromatic carbocycles. The fraction of sp³-hybridized carbons (Fsp3) is 0.200. The van der Waals surface area contributed by atoms with E-state index in [-0.39, 0.29) is 4.90 Å². The van der Waals surface area contributed by atoms with Crippen molar-refractivity contribution in [1.82, 2.24) is 5.32 Å². The number of nitrogens with one attached hydrogen (secondary N) is 2. The highest BCUT2D eigenvalue weighted by atomic mass is 32.2. The summed E-state index contributed by atoms with van der Waals surface area (Å²) in [6.45, 7) is 0.630. The van der Waals surface area contributed by atoms with Gasteiger partial charge in [-0.3, -0.25) is 4.72 Å². The molecule has 0 saturated carbocycles. The van der Waals surface area contributed by atoms with Crippen molar-refractivity contribution < 1.29 is 8.42 Å². The number of anilines is 1. The Hall–Kier alpha value is -1.50. The molecule has 0 aliphatic carbocycles. The molecule has 2 N–H and O–H groups in total. The van der Waals surface area contributed by atoms with Crippen molar-refractivity contribution in [2.75, 3.05) is 18.0 Å². The molecule has 0 saturated heterocycles. The minimum atomic E-state index is -3.58. The van der Waals surface area contributed by atoms with Gasteiger partial charge in [0.25, 0.3) is 10.0 Å². The molecule has 0 spiro atoms. The van der Waals surface area contributed by atoms with Gasteiger partial charge in [0.15, 0.2) is 0 Å². The summed E-state index contributed by atoms with van der Waals surface area (Å²) in [5.41, 5.74) is 1.53. The van der Waals surface area contributed by atoms with E-state index >= 15 is 0 Å². The Labute approximate surface area is 130 Å². The van der Waals surface area contributed by atoms with E-state index in [9.17, 15) is 8.42 Å². The highest BCUT2D eigenvalue weighted by molar-refractivity contribution is 7.99. The van der Waals surface area contributed by atoms with Crippen molar-refractivity contribution in [1.29, 1.82) is 0 Å². The van der Waals surface area contributed by atoms with E-state index in [0.29, 0.717) is 12.2 Å². The van der Waals surface area contributed by atoms with Crippen LogP contribution in [-0.2, 0) is 16.6 Å². The summed E-state index contributed by atoms with van der Waals surface area (Å²) in [5.74, 6) is 0. The van der Waals surface area contributed by atoms with Crippen molar-refractivity contribution in [2.45, 2.75) is 16.3 Å². The summed E-state index contributed by atoms with van der Waals surface area (Å²) in [5, 5.41) is 3.01. The second kappa shape index (κ2) is 6.98. The van der Waals surface area contributed by atoms with Crippen LogP contribution < -0.4 is 10.0 Å². The zero-order valence-corrected chi connectivity index (χ0v) is 13.6. The van der Waals surface area contributed by atoms with Crippen LogP contribution in [0.2, 0.25) is 0 Å². The SMILES string of the molecule is CNCc1cccc(S(=O)(=O)Nc2ccccc2SC)c1. The van der Waals surface area contributed by atoms with E-state index in [4.69, 9.17) is 0 Å². The molecule has 21 heavy (non-hydrogen) atoms. The van der Waals surface area contributed by atoms with E-state index in [1.807, 2.05) is 37.6 Å². The summed E-state index contributed by atoms with van der Waals surface area (Å²) >= 11 is 1.51. The standard InChI is InChI=1S/C15H18N2O2S2/c1-16-11-12-6-5-7-13(10-12)21(18,19)17-14-8-3-4-9-15(14)20-2/h3-10,16-17H,11H2,1-2H3. The van der Waals surface area contributed by atoms with Crippen LogP contribution >= 0.6 is 11.8 Å². The first-order chi connectivity index (χ1) is 10.1. The third-order valence-electron chi connectivity index (χ3n) is 2.94. The quantitative estimate of drug-likeness (QED) is 0.803. The largest absolute Gasteiger partial charge is 0.316 e. The number of rotatable bonds is 6. The molecular weight excluding hydrogens is 304 g/mol. The van der Waals surface area contributed by atoms with Crippen LogP contribution in [0.3, 0.4) is 0 Å². The Morgan fingerprint density at radius 3 is 2.57 bits per heavy atom. The molecule has 0 aromatic heterocycles. The Balaban J connectivity index is 2.32. The highest BCUT2D eigenvalue weighted by Gasteiger charge is 2.16. The predicted octanol–water partition coefficient (Wildman–Crippen LogP) is 2.93. The predicted molar refractivity (Wildman–Crippen MR) is 88.2 cm³/mol. The Morgan fingerprint density at radius 1 is 1.10 bits per heavy atom. The Kier molecular flexibility index (Phi) is 5.27. The van der Waals surface area contributed by atoms with Crippen LogP contribution in [0.25, 0.3) is 0 Å². The van der Waals surface area contributed by atoms with Crippen LogP contribution in [0, 0.1) is 0 Å². The van der Waals surface area contributed by atoms with Gasteiger partial charge >= 0.3 is 0 Å². The zero-order valence-electron chi connectivity index (χ0n) is 12.0. The Bertz CT molecular complexity index is 715. The lowest BCUT2D eigenvalue weighted by molar-refractivity contribution is 0.601. The molecule has 2 aromatic rings. The summed E-state index contributed by atoms with van der Waals surface area (Å²) in [7, 11) is -1.75. The topological polar surface area (TPSA) is 58.2 Å². The van der Waals surface area contributed by atoms with Crippen LogP contribution in [0.5, 0.6) is 0 Å². The van der Waals surface area contributed by atoms with E-state index < -0.39 is 10.0 Å². The van der Waals surface area contributed by atoms with Crippen molar-refractivity contribution in [3.05, 3.63) is 54.1 Å². The lowest BCUT2D eigenvalue weighted by Crippen LogP contribution is -2.14. The molecule has 112 valence electrons. The van der Waals surface area contributed by atoms with Crippen LogP contribution in [0.4, 0.5) is 5.69 Å². The minimum Gasteiger partial charge on any atom is -0.316 e. The third kappa shape index (κ3) is 4.00.